The average molecular weight is 595 g/mol. The van der Waals surface area contributed by atoms with E-state index in [-0.39, 0.29) is 30.6 Å². The topological polar surface area (TPSA) is 122 Å². The molecule has 0 saturated carbocycles. The second-order valence-electron chi connectivity index (χ2n) is 12.5. The van der Waals surface area contributed by atoms with Crippen molar-refractivity contribution in [2.24, 2.45) is 11.3 Å². The summed E-state index contributed by atoms with van der Waals surface area (Å²) in [5.41, 5.74) is 1.35. The molecule has 1 unspecified atom stereocenters. The highest BCUT2D eigenvalue weighted by Crippen LogP contribution is 2.47. The Labute approximate surface area is 252 Å². The van der Waals surface area contributed by atoms with E-state index < -0.39 is 23.8 Å². The number of carboxylic acid groups (broad SMARTS) is 1. The standard InChI is InChI=1S/C32H42N4O7/c1-5-6-11-36(22-8-7-10-33-16-22)28(38)18-35-17-23(21-13-25(41-4)30-26(14-21)42-20-43-30)29(31(39)40)24(35)9-12-34-19-32(2,3)15-27(34)37/h7-8,10,13-14,16,23-24,29H,5-6,9,11-12,15,17-20H2,1-4H3,(H,39,40)/t23-,24+,29?/m1/s1. The van der Waals surface area contributed by atoms with E-state index in [1.807, 2.05) is 28.0 Å². The van der Waals surface area contributed by atoms with E-state index in [9.17, 15) is 19.5 Å². The van der Waals surface area contributed by atoms with E-state index in [0.29, 0.717) is 62.0 Å². The molecule has 2 amide bonds. The molecule has 3 aliphatic heterocycles. The van der Waals surface area contributed by atoms with Gasteiger partial charge in [0.15, 0.2) is 11.5 Å². The number of amides is 2. The second-order valence-corrected chi connectivity index (χ2v) is 12.5. The first-order valence-electron chi connectivity index (χ1n) is 15.0. The number of benzene rings is 1. The van der Waals surface area contributed by atoms with Gasteiger partial charge >= 0.3 is 5.97 Å². The molecule has 0 bridgehead atoms. The summed E-state index contributed by atoms with van der Waals surface area (Å²) in [5.74, 6) is -0.736. The summed E-state index contributed by atoms with van der Waals surface area (Å²) in [6, 6.07) is 6.83. The van der Waals surface area contributed by atoms with Gasteiger partial charge in [0.25, 0.3) is 0 Å². The molecule has 2 aromatic rings. The first-order valence-corrected chi connectivity index (χ1v) is 15.0. The molecule has 3 aliphatic rings. The molecule has 0 radical (unpaired) electrons. The van der Waals surface area contributed by atoms with Gasteiger partial charge in [0.05, 0.1) is 31.5 Å². The van der Waals surface area contributed by atoms with Gasteiger partial charge < -0.3 is 29.1 Å². The van der Waals surface area contributed by atoms with Crippen LogP contribution in [-0.4, -0.2) is 90.3 Å². The van der Waals surface area contributed by atoms with Gasteiger partial charge in [-0.1, -0.05) is 27.2 Å². The van der Waals surface area contributed by atoms with Crippen molar-refractivity contribution in [2.45, 2.75) is 58.4 Å². The van der Waals surface area contributed by atoms with Crippen LogP contribution in [-0.2, 0) is 14.4 Å². The molecule has 0 aliphatic carbocycles. The predicted octanol–water partition coefficient (Wildman–Crippen LogP) is 3.77. The third kappa shape index (κ3) is 6.56. The second kappa shape index (κ2) is 12.8. The predicted molar refractivity (Wildman–Crippen MR) is 159 cm³/mol. The van der Waals surface area contributed by atoms with Crippen LogP contribution in [0.25, 0.3) is 0 Å². The number of ether oxygens (including phenoxy) is 3. The van der Waals surface area contributed by atoms with Crippen molar-refractivity contribution in [1.29, 1.82) is 0 Å². The number of methoxy groups -OCH3 is 1. The molecule has 5 rings (SSSR count). The van der Waals surface area contributed by atoms with Crippen molar-refractivity contribution in [3.63, 3.8) is 0 Å². The van der Waals surface area contributed by atoms with Gasteiger partial charge in [-0.05, 0) is 48.1 Å². The van der Waals surface area contributed by atoms with E-state index in [0.717, 1.165) is 18.4 Å². The molecular weight excluding hydrogens is 552 g/mol. The van der Waals surface area contributed by atoms with E-state index in [4.69, 9.17) is 14.2 Å². The fourth-order valence-electron chi connectivity index (χ4n) is 6.71. The van der Waals surface area contributed by atoms with E-state index in [2.05, 4.69) is 25.8 Å². The molecule has 1 N–H and O–H groups in total. The molecule has 43 heavy (non-hydrogen) atoms. The van der Waals surface area contributed by atoms with Crippen molar-refractivity contribution in [1.82, 2.24) is 14.8 Å². The maximum atomic E-state index is 13.9. The summed E-state index contributed by atoms with van der Waals surface area (Å²) in [5, 5.41) is 10.6. The Hall–Kier alpha value is -3.86. The van der Waals surface area contributed by atoms with Gasteiger partial charge in [-0.2, -0.15) is 0 Å². The number of likely N-dealkylation sites (tertiary alicyclic amines) is 2. The van der Waals surface area contributed by atoms with Crippen LogP contribution in [0, 0.1) is 11.3 Å². The Morgan fingerprint density at radius 2 is 2.07 bits per heavy atom. The van der Waals surface area contributed by atoms with E-state index in [1.165, 1.54) is 7.11 Å². The lowest BCUT2D eigenvalue weighted by Crippen LogP contribution is -2.45. The van der Waals surface area contributed by atoms with Gasteiger partial charge in [0.1, 0.15) is 0 Å². The van der Waals surface area contributed by atoms with Crippen molar-refractivity contribution < 1.29 is 33.7 Å². The minimum absolute atomic E-state index is 0.0463. The maximum Gasteiger partial charge on any atom is 0.308 e. The van der Waals surface area contributed by atoms with Crippen LogP contribution < -0.4 is 19.1 Å². The number of carbonyl (C=O) groups excluding carboxylic acids is 2. The molecule has 2 fully saturated rings. The fraction of sp³-hybridized carbons (Fsp3) is 0.562. The summed E-state index contributed by atoms with van der Waals surface area (Å²) in [6.07, 6.45) is 6.01. The number of fused-ring (bicyclic) bond motifs is 1. The molecular formula is C32H42N4O7. The quantitative estimate of drug-likeness (QED) is 0.391. The van der Waals surface area contributed by atoms with Crippen LogP contribution in [0.4, 0.5) is 5.69 Å². The first kappa shape index (κ1) is 30.6. The first-order chi connectivity index (χ1) is 20.6. The van der Waals surface area contributed by atoms with Gasteiger partial charge in [-0.15, -0.1) is 0 Å². The highest BCUT2D eigenvalue weighted by Gasteiger charge is 2.48. The number of unbranched alkanes of at least 4 members (excludes halogenated alkanes) is 1. The smallest absolute Gasteiger partial charge is 0.308 e. The molecule has 232 valence electrons. The third-order valence-electron chi connectivity index (χ3n) is 8.77. The fourth-order valence-corrected chi connectivity index (χ4v) is 6.71. The van der Waals surface area contributed by atoms with Crippen LogP contribution in [0.2, 0.25) is 0 Å². The van der Waals surface area contributed by atoms with Crippen molar-refractivity contribution in [3.8, 4) is 17.2 Å². The minimum atomic E-state index is -0.940. The monoisotopic (exact) mass is 594 g/mol. The van der Waals surface area contributed by atoms with Gasteiger partial charge in [-0.25, -0.2) is 0 Å². The summed E-state index contributed by atoms with van der Waals surface area (Å²) in [6.45, 7) is 8.27. The molecule has 11 nitrogen and oxygen atoms in total. The lowest BCUT2D eigenvalue weighted by molar-refractivity contribution is -0.143. The van der Waals surface area contributed by atoms with Crippen LogP contribution in [0.3, 0.4) is 0 Å². The number of carbonyl (C=O) groups is 3. The third-order valence-corrected chi connectivity index (χ3v) is 8.77. The SMILES string of the molecule is CCCCN(C(=O)CN1C[C@H](c2cc(OC)c3c(c2)OCO3)C(C(=O)O)[C@@H]1CCN1CC(C)(C)CC1=O)c1cccnc1. The zero-order valence-corrected chi connectivity index (χ0v) is 25.5. The number of rotatable bonds is 12. The van der Waals surface area contributed by atoms with E-state index >= 15 is 0 Å². The number of hydrogen-bond acceptors (Lipinski definition) is 8. The molecule has 0 spiro atoms. The van der Waals surface area contributed by atoms with Crippen molar-refractivity contribution >= 4 is 23.5 Å². The lowest BCUT2D eigenvalue weighted by atomic mass is 9.84. The van der Waals surface area contributed by atoms with E-state index in [1.54, 1.807) is 23.4 Å². The van der Waals surface area contributed by atoms with Gasteiger partial charge in [-0.3, -0.25) is 24.3 Å². The zero-order valence-electron chi connectivity index (χ0n) is 25.5. The Morgan fingerprint density at radius 3 is 2.72 bits per heavy atom. The van der Waals surface area contributed by atoms with Crippen LogP contribution >= 0.6 is 0 Å². The van der Waals surface area contributed by atoms with Crippen LogP contribution in [0.15, 0.2) is 36.7 Å². The molecule has 1 aromatic heterocycles. The van der Waals surface area contributed by atoms with Gasteiger partial charge in [0.2, 0.25) is 24.4 Å². The zero-order chi connectivity index (χ0) is 30.7. The Morgan fingerprint density at radius 1 is 1.26 bits per heavy atom. The highest BCUT2D eigenvalue weighted by molar-refractivity contribution is 5.94. The Kier molecular flexibility index (Phi) is 9.10. The Bertz CT molecular complexity index is 1330. The number of carboxylic acids is 1. The van der Waals surface area contributed by atoms with Crippen LogP contribution in [0.1, 0.15) is 57.9 Å². The summed E-state index contributed by atoms with van der Waals surface area (Å²) >= 11 is 0. The van der Waals surface area contributed by atoms with Crippen molar-refractivity contribution in [3.05, 3.63) is 42.2 Å². The number of aromatic nitrogens is 1. The molecule has 2 saturated heterocycles. The number of hydrogen-bond donors (Lipinski definition) is 1. The molecule has 4 heterocycles. The number of aliphatic carboxylic acids is 1. The highest BCUT2D eigenvalue weighted by atomic mass is 16.7. The molecule has 1 aromatic carbocycles. The minimum Gasteiger partial charge on any atom is -0.493 e. The number of nitrogens with zero attached hydrogens (tertiary/aromatic N) is 4. The maximum absolute atomic E-state index is 13.9. The number of anilines is 1. The summed E-state index contributed by atoms with van der Waals surface area (Å²) in [7, 11) is 1.54. The summed E-state index contributed by atoms with van der Waals surface area (Å²) < 4.78 is 16.8. The normalized spacial score (nSPS) is 22.7. The lowest BCUT2D eigenvalue weighted by Gasteiger charge is -2.31. The van der Waals surface area contributed by atoms with Crippen molar-refractivity contribution in [2.75, 3.05) is 51.5 Å². The average Bonchev–Trinajstić information content (AvgIpc) is 3.66. The molecule has 11 heteroatoms. The van der Waals surface area contributed by atoms with Crippen LogP contribution in [0.5, 0.6) is 17.2 Å². The molecule has 3 atom stereocenters. The largest absolute Gasteiger partial charge is 0.493 e. The van der Waals surface area contributed by atoms with Gasteiger partial charge in [0, 0.05) is 50.8 Å². The Balaban J connectivity index is 1.46. The summed E-state index contributed by atoms with van der Waals surface area (Å²) in [4.78, 5) is 49.4. The number of pyridine rings is 1.